The van der Waals surface area contributed by atoms with Crippen LogP contribution in [0, 0.1) is 6.92 Å². The van der Waals surface area contributed by atoms with Crippen LogP contribution in [0.5, 0.6) is 0 Å². The highest BCUT2D eigenvalue weighted by Crippen LogP contribution is 2.39. The molecule has 7 heteroatoms. The molecule has 2 aromatic rings. The molecule has 0 radical (unpaired) electrons. The van der Waals surface area contributed by atoms with Crippen LogP contribution in [0.15, 0.2) is 18.2 Å². The number of anilines is 1. The van der Waals surface area contributed by atoms with Crippen LogP contribution in [0.25, 0.3) is 11.6 Å². The van der Waals surface area contributed by atoms with Crippen molar-refractivity contribution in [1.29, 1.82) is 0 Å². The zero-order valence-electron chi connectivity index (χ0n) is 16.7. The van der Waals surface area contributed by atoms with Crippen LogP contribution in [0.1, 0.15) is 65.2 Å². The van der Waals surface area contributed by atoms with Crippen molar-refractivity contribution in [2.24, 2.45) is 0 Å². The number of H-pyrrole nitrogens is 1. The van der Waals surface area contributed by atoms with Crippen LogP contribution in [-0.4, -0.2) is 33.0 Å². The molecule has 156 valence electrons. The highest BCUT2D eigenvalue weighted by atomic mass is 16.4. The minimum Gasteiger partial charge on any atom is -0.481 e. The number of carbonyl (C=O) groups is 3. The number of amides is 1. The summed E-state index contributed by atoms with van der Waals surface area (Å²) in [7, 11) is 0. The van der Waals surface area contributed by atoms with Crippen molar-refractivity contribution in [3.63, 3.8) is 0 Å². The minimum atomic E-state index is -0.854. The second kappa shape index (κ2) is 7.82. The Morgan fingerprint density at radius 1 is 1.23 bits per heavy atom. The van der Waals surface area contributed by atoms with Crippen LogP contribution in [-0.2, 0) is 27.2 Å². The third kappa shape index (κ3) is 3.75. The van der Waals surface area contributed by atoms with Crippen molar-refractivity contribution in [2.45, 2.75) is 51.4 Å². The van der Waals surface area contributed by atoms with Gasteiger partial charge >= 0.3 is 11.9 Å². The first-order chi connectivity index (χ1) is 14.3. The number of hydrogen-bond acceptors (Lipinski definition) is 3. The standard InChI is InChI=1S/C23H24N2O5/c1-12-13(6-8-20(26)27)5-7-19-22(12)17(23(30)25-19)11-15-10-16-14(9-21(28)29)3-2-4-18(16)24-15/h5,7,10-11,14,24H,2-4,6,8-9H2,1H3,(H,25,30)(H,26,27)(H,28,29). The zero-order chi connectivity index (χ0) is 21.4. The van der Waals surface area contributed by atoms with Crippen LogP contribution < -0.4 is 5.32 Å². The molecule has 4 N–H and O–H groups in total. The number of carboxylic acids is 2. The first-order valence-corrected chi connectivity index (χ1v) is 10.1. The van der Waals surface area contributed by atoms with E-state index in [1.165, 1.54) is 0 Å². The van der Waals surface area contributed by atoms with Crippen molar-refractivity contribution in [3.8, 4) is 0 Å². The summed E-state index contributed by atoms with van der Waals surface area (Å²) in [5, 5.41) is 21.1. The molecule has 1 atom stereocenters. The summed E-state index contributed by atoms with van der Waals surface area (Å²) in [6, 6.07) is 5.65. The van der Waals surface area contributed by atoms with E-state index in [4.69, 9.17) is 5.11 Å². The molecular weight excluding hydrogens is 384 g/mol. The van der Waals surface area contributed by atoms with E-state index >= 15 is 0 Å². The van der Waals surface area contributed by atoms with Crippen molar-refractivity contribution >= 4 is 35.2 Å². The number of benzene rings is 1. The summed E-state index contributed by atoms with van der Waals surface area (Å²) in [4.78, 5) is 38.2. The number of nitrogens with one attached hydrogen (secondary N) is 2. The Labute approximate surface area is 173 Å². The number of aromatic amines is 1. The number of fused-ring (bicyclic) bond motifs is 2. The average Bonchev–Trinajstić information content (AvgIpc) is 3.23. The molecule has 1 aliphatic carbocycles. The number of aliphatic carboxylic acids is 2. The number of aromatic nitrogens is 1. The van der Waals surface area contributed by atoms with Gasteiger partial charge in [-0.1, -0.05) is 6.07 Å². The Hall–Kier alpha value is -3.35. The lowest BCUT2D eigenvalue weighted by Gasteiger charge is -2.20. The average molecular weight is 408 g/mol. The molecule has 2 aliphatic rings. The van der Waals surface area contributed by atoms with Gasteiger partial charge in [-0.15, -0.1) is 0 Å². The Morgan fingerprint density at radius 2 is 2.03 bits per heavy atom. The molecule has 1 amide bonds. The summed E-state index contributed by atoms with van der Waals surface area (Å²) in [5.74, 6) is -1.86. The fourth-order valence-corrected chi connectivity index (χ4v) is 4.60. The summed E-state index contributed by atoms with van der Waals surface area (Å²) in [6.45, 7) is 1.91. The molecule has 1 aliphatic heterocycles. The molecule has 0 saturated carbocycles. The summed E-state index contributed by atoms with van der Waals surface area (Å²) in [5.41, 5.74) is 6.73. The second-order valence-electron chi connectivity index (χ2n) is 8.02. The lowest BCUT2D eigenvalue weighted by Crippen LogP contribution is -2.12. The van der Waals surface area contributed by atoms with Gasteiger partial charge in [-0.3, -0.25) is 14.4 Å². The fourth-order valence-electron chi connectivity index (χ4n) is 4.60. The third-order valence-electron chi connectivity index (χ3n) is 6.04. The van der Waals surface area contributed by atoms with Crippen molar-refractivity contribution in [3.05, 3.63) is 51.8 Å². The van der Waals surface area contributed by atoms with E-state index in [-0.39, 0.29) is 24.7 Å². The minimum absolute atomic E-state index is 0.0105. The van der Waals surface area contributed by atoms with E-state index < -0.39 is 11.9 Å². The number of carboxylic acid groups (broad SMARTS) is 2. The molecule has 2 heterocycles. The van der Waals surface area contributed by atoms with E-state index in [2.05, 4.69) is 10.3 Å². The molecule has 30 heavy (non-hydrogen) atoms. The van der Waals surface area contributed by atoms with Gasteiger partial charge in [0, 0.05) is 29.1 Å². The van der Waals surface area contributed by atoms with E-state index in [0.717, 1.165) is 58.6 Å². The first kappa shape index (κ1) is 19.9. The smallest absolute Gasteiger partial charge is 0.303 e. The second-order valence-corrected chi connectivity index (χ2v) is 8.02. The van der Waals surface area contributed by atoms with Crippen LogP contribution in [0.3, 0.4) is 0 Å². The molecular formula is C23H24N2O5. The predicted molar refractivity (Wildman–Crippen MR) is 112 cm³/mol. The zero-order valence-corrected chi connectivity index (χ0v) is 16.7. The number of hydrogen-bond donors (Lipinski definition) is 4. The largest absolute Gasteiger partial charge is 0.481 e. The molecule has 7 nitrogen and oxygen atoms in total. The van der Waals surface area contributed by atoms with Gasteiger partial charge in [-0.2, -0.15) is 0 Å². The normalized spacial score (nSPS) is 18.8. The molecule has 1 unspecified atom stereocenters. The first-order valence-electron chi connectivity index (χ1n) is 10.1. The lowest BCUT2D eigenvalue weighted by atomic mass is 9.85. The van der Waals surface area contributed by atoms with E-state index in [0.29, 0.717) is 12.0 Å². The van der Waals surface area contributed by atoms with Gasteiger partial charge in [0.05, 0.1) is 12.0 Å². The highest BCUT2D eigenvalue weighted by Gasteiger charge is 2.28. The van der Waals surface area contributed by atoms with Gasteiger partial charge in [-0.05, 0) is 73.4 Å². The van der Waals surface area contributed by atoms with Crippen molar-refractivity contribution in [1.82, 2.24) is 4.98 Å². The van der Waals surface area contributed by atoms with Gasteiger partial charge in [-0.25, -0.2) is 0 Å². The van der Waals surface area contributed by atoms with E-state index in [9.17, 15) is 19.5 Å². The molecule has 4 rings (SSSR count). The van der Waals surface area contributed by atoms with Crippen LogP contribution >= 0.6 is 0 Å². The van der Waals surface area contributed by atoms with Gasteiger partial charge in [0.25, 0.3) is 5.91 Å². The quantitative estimate of drug-likeness (QED) is 0.543. The van der Waals surface area contributed by atoms with E-state index in [1.807, 2.05) is 31.2 Å². The third-order valence-corrected chi connectivity index (χ3v) is 6.04. The lowest BCUT2D eigenvalue weighted by molar-refractivity contribution is -0.138. The Kier molecular flexibility index (Phi) is 5.20. The summed E-state index contributed by atoms with van der Waals surface area (Å²) < 4.78 is 0. The fraction of sp³-hybridized carbons (Fsp3) is 0.348. The SMILES string of the molecule is Cc1c(CCC(=O)O)ccc2c1C(=Cc1cc3c([nH]1)CCCC3CC(=O)O)C(=O)N2. The predicted octanol–water partition coefficient (Wildman–Crippen LogP) is 3.73. The Balaban J connectivity index is 1.70. The van der Waals surface area contributed by atoms with Gasteiger partial charge < -0.3 is 20.5 Å². The van der Waals surface area contributed by atoms with E-state index in [1.54, 1.807) is 0 Å². The van der Waals surface area contributed by atoms with Crippen molar-refractivity contribution in [2.75, 3.05) is 5.32 Å². The van der Waals surface area contributed by atoms with Crippen LogP contribution in [0.4, 0.5) is 5.69 Å². The topological polar surface area (TPSA) is 119 Å². The Bertz CT molecular complexity index is 1080. The number of carbonyl (C=O) groups excluding carboxylic acids is 1. The highest BCUT2D eigenvalue weighted by molar-refractivity contribution is 6.35. The molecule has 0 saturated heterocycles. The van der Waals surface area contributed by atoms with Crippen molar-refractivity contribution < 1.29 is 24.6 Å². The number of rotatable bonds is 6. The maximum Gasteiger partial charge on any atom is 0.303 e. The molecule has 1 aromatic carbocycles. The molecule has 0 bridgehead atoms. The van der Waals surface area contributed by atoms with Gasteiger partial charge in [0.2, 0.25) is 0 Å². The summed E-state index contributed by atoms with van der Waals surface area (Å²) >= 11 is 0. The van der Waals surface area contributed by atoms with Gasteiger partial charge in [0.15, 0.2) is 0 Å². The maximum atomic E-state index is 12.7. The number of aryl methyl sites for hydroxylation is 2. The Morgan fingerprint density at radius 3 is 2.77 bits per heavy atom. The monoisotopic (exact) mass is 408 g/mol. The molecule has 0 fully saturated rings. The maximum absolute atomic E-state index is 12.7. The summed E-state index contributed by atoms with van der Waals surface area (Å²) in [6.07, 6.45) is 5.02. The molecule has 0 spiro atoms. The van der Waals surface area contributed by atoms with Crippen LogP contribution in [0.2, 0.25) is 0 Å². The molecule has 1 aromatic heterocycles. The van der Waals surface area contributed by atoms with Gasteiger partial charge in [0.1, 0.15) is 0 Å².